The van der Waals surface area contributed by atoms with E-state index in [-0.39, 0.29) is 0 Å². The third-order valence-electron chi connectivity index (χ3n) is 2.74. The zero-order valence-electron chi connectivity index (χ0n) is 10.4. The molecule has 0 heterocycles. The molecule has 0 aliphatic rings. The minimum atomic E-state index is 0.439. The Bertz CT molecular complexity index is 393. The Labute approximate surface area is 117 Å². The van der Waals surface area contributed by atoms with Crippen molar-refractivity contribution >= 4 is 38.8 Å². The highest BCUT2D eigenvalue weighted by atomic mass is 79.9. The summed E-state index contributed by atoms with van der Waals surface area (Å²) in [6.07, 6.45) is 2.41. The summed E-state index contributed by atoms with van der Waals surface area (Å²) >= 11 is 8.56. The van der Waals surface area contributed by atoms with E-state index in [2.05, 4.69) is 40.7 Å². The lowest BCUT2D eigenvalue weighted by Crippen LogP contribution is -2.24. The van der Waals surface area contributed by atoms with Crippen LogP contribution in [-0.4, -0.2) is 18.1 Å². The van der Waals surface area contributed by atoms with Gasteiger partial charge in [0.2, 0.25) is 0 Å². The van der Waals surface area contributed by atoms with Crippen LogP contribution in [0.4, 0.5) is 5.69 Å². The minimum absolute atomic E-state index is 0.439. The zero-order valence-corrected chi connectivity index (χ0v) is 12.8. The molecule has 0 bridgehead atoms. The van der Waals surface area contributed by atoms with E-state index >= 15 is 0 Å². The maximum atomic E-state index is 5.62. The minimum Gasteiger partial charge on any atom is -0.389 e. The molecular formula is C13H19BrN2S. The van der Waals surface area contributed by atoms with E-state index in [0.717, 1.165) is 23.1 Å². The topological polar surface area (TPSA) is 29.3 Å². The van der Waals surface area contributed by atoms with Crippen LogP contribution >= 0.6 is 28.1 Å². The first-order chi connectivity index (χ1) is 8.10. The molecule has 0 radical (unpaired) electrons. The molecule has 0 aliphatic carbocycles. The van der Waals surface area contributed by atoms with Crippen molar-refractivity contribution in [3.05, 3.63) is 28.2 Å². The fourth-order valence-corrected chi connectivity index (χ4v) is 2.47. The van der Waals surface area contributed by atoms with Gasteiger partial charge in [0, 0.05) is 23.1 Å². The Morgan fingerprint density at radius 3 is 2.59 bits per heavy atom. The third-order valence-corrected chi connectivity index (χ3v) is 3.61. The van der Waals surface area contributed by atoms with E-state index in [0.29, 0.717) is 4.99 Å². The van der Waals surface area contributed by atoms with Gasteiger partial charge < -0.3 is 10.6 Å². The molecule has 0 amide bonds. The normalized spacial score (nSPS) is 10.3. The molecule has 1 aromatic rings. The van der Waals surface area contributed by atoms with Gasteiger partial charge in [0.25, 0.3) is 0 Å². The van der Waals surface area contributed by atoms with Crippen molar-refractivity contribution in [1.82, 2.24) is 0 Å². The lowest BCUT2D eigenvalue weighted by atomic mass is 10.2. The second-order valence-corrected chi connectivity index (χ2v) is 5.26. The van der Waals surface area contributed by atoms with Gasteiger partial charge in [-0.15, -0.1) is 0 Å². The molecular weight excluding hydrogens is 296 g/mol. The van der Waals surface area contributed by atoms with Crippen LogP contribution in [0.15, 0.2) is 22.7 Å². The molecule has 0 aliphatic heterocycles. The van der Waals surface area contributed by atoms with Crippen LogP contribution < -0.4 is 10.6 Å². The van der Waals surface area contributed by atoms with Crippen molar-refractivity contribution < 1.29 is 0 Å². The summed E-state index contributed by atoms with van der Waals surface area (Å²) in [5.41, 5.74) is 7.73. The number of thiocarbonyl (C=S) groups is 1. The molecule has 0 aromatic heterocycles. The first-order valence-electron chi connectivity index (χ1n) is 5.94. The number of nitrogens with zero attached hydrogens (tertiary/aromatic N) is 1. The molecule has 4 heteroatoms. The van der Waals surface area contributed by atoms with Gasteiger partial charge in [-0.05, 0) is 47.5 Å². The van der Waals surface area contributed by atoms with Crippen LogP contribution in [0.1, 0.15) is 32.3 Å². The number of benzene rings is 1. The van der Waals surface area contributed by atoms with Crippen LogP contribution in [0.25, 0.3) is 0 Å². The number of unbranched alkanes of at least 4 members (excludes halogenated alkanes) is 1. The highest BCUT2D eigenvalue weighted by Gasteiger charge is 2.09. The van der Waals surface area contributed by atoms with Crippen molar-refractivity contribution in [3.63, 3.8) is 0 Å². The average molecular weight is 315 g/mol. The van der Waals surface area contributed by atoms with Crippen LogP contribution in [0.3, 0.4) is 0 Å². The second kappa shape index (κ2) is 6.97. The molecule has 2 nitrogen and oxygen atoms in total. The van der Waals surface area contributed by atoms with Gasteiger partial charge in [0.05, 0.1) is 5.69 Å². The van der Waals surface area contributed by atoms with Crippen LogP contribution in [0.2, 0.25) is 0 Å². The van der Waals surface area contributed by atoms with E-state index in [1.807, 2.05) is 12.1 Å². The fraction of sp³-hybridized carbons (Fsp3) is 0.462. The van der Waals surface area contributed by atoms with E-state index in [1.165, 1.54) is 18.5 Å². The summed E-state index contributed by atoms with van der Waals surface area (Å²) in [6.45, 7) is 6.46. The smallest absolute Gasteiger partial charge is 0.104 e. The fourth-order valence-electron chi connectivity index (χ4n) is 1.71. The van der Waals surface area contributed by atoms with Gasteiger partial charge in [-0.3, -0.25) is 0 Å². The average Bonchev–Trinajstić information content (AvgIpc) is 2.31. The van der Waals surface area contributed by atoms with Gasteiger partial charge in [0.15, 0.2) is 0 Å². The Balaban J connectivity index is 2.92. The Hall–Kier alpha value is -0.610. The Morgan fingerprint density at radius 1 is 1.41 bits per heavy atom. The van der Waals surface area contributed by atoms with Crippen LogP contribution in [0.5, 0.6) is 0 Å². The van der Waals surface area contributed by atoms with E-state index in [1.54, 1.807) is 0 Å². The molecule has 0 atom stereocenters. The Morgan fingerprint density at radius 2 is 2.12 bits per heavy atom. The summed E-state index contributed by atoms with van der Waals surface area (Å²) in [6, 6.07) is 6.06. The third kappa shape index (κ3) is 3.96. The molecule has 17 heavy (non-hydrogen) atoms. The van der Waals surface area contributed by atoms with E-state index in [9.17, 15) is 0 Å². The first kappa shape index (κ1) is 14.5. The Kier molecular flexibility index (Phi) is 5.92. The summed E-state index contributed by atoms with van der Waals surface area (Å²) in [4.78, 5) is 2.80. The molecule has 0 fully saturated rings. The maximum Gasteiger partial charge on any atom is 0.104 e. The zero-order chi connectivity index (χ0) is 12.8. The van der Waals surface area contributed by atoms with Crippen LogP contribution in [0, 0.1) is 0 Å². The van der Waals surface area contributed by atoms with Gasteiger partial charge in [0.1, 0.15) is 4.99 Å². The second-order valence-electron chi connectivity index (χ2n) is 3.96. The van der Waals surface area contributed by atoms with Crippen LogP contribution in [-0.2, 0) is 0 Å². The number of hydrogen-bond donors (Lipinski definition) is 1. The number of nitrogens with two attached hydrogens (primary N) is 1. The highest BCUT2D eigenvalue weighted by Crippen LogP contribution is 2.27. The van der Waals surface area contributed by atoms with E-state index in [4.69, 9.17) is 18.0 Å². The van der Waals surface area contributed by atoms with Crippen molar-refractivity contribution in [2.75, 3.05) is 18.0 Å². The lowest BCUT2D eigenvalue weighted by molar-refractivity contribution is 0.731. The highest BCUT2D eigenvalue weighted by molar-refractivity contribution is 9.10. The van der Waals surface area contributed by atoms with Gasteiger partial charge in [-0.1, -0.05) is 25.6 Å². The lowest BCUT2D eigenvalue weighted by Gasteiger charge is -2.24. The maximum absolute atomic E-state index is 5.62. The molecule has 0 unspecified atom stereocenters. The van der Waals surface area contributed by atoms with E-state index < -0.39 is 0 Å². The number of hydrogen-bond acceptors (Lipinski definition) is 2. The summed E-state index contributed by atoms with van der Waals surface area (Å²) < 4.78 is 1.06. The predicted molar refractivity (Wildman–Crippen MR) is 82.8 cm³/mol. The van der Waals surface area contributed by atoms with Crippen molar-refractivity contribution in [1.29, 1.82) is 0 Å². The van der Waals surface area contributed by atoms with Gasteiger partial charge in [-0.2, -0.15) is 0 Å². The molecule has 1 rings (SSSR count). The molecule has 94 valence electrons. The standard InChI is InChI=1S/C13H19BrN2S/c1-3-5-8-16(4-2)12-7-6-10(13(15)17)9-11(12)14/h6-7,9H,3-5,8H2,1-2H3,(H2,15,17). The van der Waals surface area contributed by atoms with Crippen molar-refractivity contribution in [3.8, 4) is 0 Å². The number of anilines is 1. The first-order valence-corrected chi connectivity index (χ1v) is 7.14. The summed E-state index contributed by atoms with van der Waals surface area (Å²) in [5, 5.41) is 0. The van der Waals surface area contributed by atoms with Gasteiger partial charge in [-0.25, -0.2) is 0 Å². The molecule has 0 spiro atoms. The predicted octanol–water partition coefficient (Wildman–Crippen LogP) is 3.71. The largest absolute Gasteiger partial charge is 0.389 e. The van der Waals surface area contributed by atoms with Crippen molar-refractivity contribution in [2.45, 2.75) is 26.7 Å². The van der Waals surface area contributed by atoms with Crippen molar-refractivity contribution in [2.24, 2.45) is 5.73 Å². The summed E-state index contributed by atoms with van der Waals surface area (Å²) in [7, 11) is 0. The molecule has 1 aromatic carbocycles. The van der Waals surface area contributed by atoms with Gasteiger partial charge >= 0.3 is 0 Å². The molecule has 0 saturated carbocycles. The quantitative estimate of drug-likeness (QED) is 0.812. The molecule has 0 saturated heterocycles. The SMILES string of the molecule is CCCCN(CC)c1ccc(C(N)=S)cc1Br. The summed E-state index contributed by atoms with van der Waals surface area (Å²) in [5.74, 6) is 0. The monoisotopic (exact) mass is 314 g/mol. The molecule has 2 N–H and O–H groups in total. The number of halogens is 1. The number of rotatable bonds is 6.